The molecule has 0 amide bonds. The molecule has 1 heterocycles. The number of nitro groups is 1. The monoisotopic (exact) mass is 296 g/mol. The smallest absolute Gasteiger partial charge is 0.270 e. The number of nitro benzene ring substituents is 1. The Morgan fingerprint density at radius 2 is 1.86 bits per heavy atom. The van der Waals surface area contributed by atoms with Crippen LogP contribution in [0.1, 0.15) is 5.56 Å². The van der Waals surface area contributed by atoms with E-state index in [4.69, 9.17) is 0 Å². The SMILES string of the molecule is Cc1cc([N+](=O)[O-])cc2c(O)c(-c3ccccc3)c(=O)[nH]c12. The number of hydrogen-bond donors (Lipinski definition) is 2. The maximum atomic E-state index is 12.3. The Morgan fingerprint density at radius 1 is 1.18 bits per heavy atom. The summed E-state index contributed by atoms with van der Waals surface area (Å²) in [6.45, 7) is 1.65. The number of pyridine rings is 1. The highest BCUT2D eigenvalue weighted by molar-refractivity contribution is 5.94. The molecule has 3 aromatic rings. The van der Waals surface area contributed by atoms with Crippen molar-refractivity contribution in [1.82, 2.24) is 4.98 Å². The van der Waals surface area contributed by atoms with Crippen LogP contribution in [0.4, 0.5) is 5.69 Å². The molecule has 3 rings (SSSR count). The average molecular weight is 296 g/mol. The van der Waals surface area contributed by atoms with Gasteiger partial charge in [-0.2, -0.15) is 0 Å². The predicted molar refractivity (Wildman–Crippen MR) is 83.1 cm³/mol. The maximum Gasteiger partial charge on any atom is 0.270 e. The van der Waals surface area contributed by atoms with Crippen LogP contribution in [0.2, 0.25) is 0 Å². The number of H-pyrrole nitrogens is 1. The Bertz CT molecular complexity index is 946. The summed E-state index contributed by atoms with van der Waals surface area (Å²) in [6, 6.07) is 11.3. The minimum absolute atomic E-state index is 0.105. The largest absolute Gasteiger partial charge is 0.506 e. The minimum atomic E-state index is -0.529. The second-order valence-corrected chi connectivity index (χ2v) is 4.99. The van der Waals surface area contributed by atoms with E-state index in [0.29, 0.717) is 16.6 Å². The first-order valence-corrected chi connectivity index (χ1v) is 6.58. The molecular formula is C16H12N2O4. The van der Waals surface area contributed by atoms with Gasteiger partial charge in [-0.1, -0.05) is 30.3 Å². The number of benzene rings is 2. The highest BCUT2D eigenvalue weighted by Crippen LogP contribution is 2.35. The Balaban J connectivity index is 2.42. The zero-order chi connectivity index (χ0) is 15.9. The van der Waals surface area contributed by atoms with E-state index < -0.39 is 10.5 Å². The lowest BCUT2D eigenvalue weighted by molar-refractivity contribution is -0.384. The summed E-state index contributed by atoms with van der Waals surface area (Å²) in [5.74, 6) is -0.253. The summed E-state index contributed by atoms with van der Waals surface area (Å²) in [6.07, 6.45) is 0. The van der Waals surface area contributed by atoms with E-state index in [1.54, 1.807) is 37.3 Å². The summed E-state index contributed by atoms with van der Waals surface area (Å²) >= 11 is 0. The highest BCUT2D eigenvalue weighted by Gasteiger charge is 2.18. The summed E-state index contributed by atoms with van der Waals surface area (Å²) in [4.78, 5) is 25.4. The fourth-order valence-electron chi connectivity index (χ4n) is 2.52. The van der Waals surface area contributed by atoms with E-state index in [-0.39, 0.29) is 22.4 Å². The maximum absolute atomic E-state index is 12.3. The molecule has 6 nitrogen and oxygen atoms in total. The van der Waals surface area contributed by atoms with Gasteiger partial charge >= 0.3 is 0 Å². The molecule has 2 N–H and O–H groups in total. The molecule has 2 aromatic carbocycles. The van der Waals surface area contributed by atoms with Crippen LogP contribution in [0.5, 0.6) is 5.75 Å². The minimum Gasteiger partial charge on any atom is -0.506 e. The molecule has 22 heavy (non-hydrogen) atoms. The van der Waals surface area contributed by atoms with E-state index in [9.17, 15) is 20.0 Å². The van der Waals surface area contributed by atoms with Crippen molar-refractivity contribution in [1.29, 1.82) is 0 Å². The zero-order valence-corrected chi connectivity index (χ0v) is 11.7. The van der Waals surface area contributed by atoms with Crippen LogP contribution in [-0.4, -0.2) is 15.0 Å². The molecule has 0 saturated carbocycles. The second-order valence-electron chi connectivity index (χ2n) is 4.99. The molecule has 0 atom stereocenters. The molecule has 0 aliphatic rings. The molecule has 0 radical (unpaired) electrons. The number of rotatable bonds is 2. The lowest BCUT2D eigenvalue weighted by Crippen LogP contribution is -2.10. The fraction of sp³-hybridized carbons (Fsp3) is 0.0625. The normalized spacial score (nSPS) is 10.8. The quantitative estimate of drug-likeness (QED) is 0.561. The molecule has 0 fully saturated rings. The fourth-order valence-corrected chi connectivity index (χ4v) is 2.52. The number of aromatic hydroxyl groups is 1. The van der Waals surface area contributed by atoms with Crippen molar-refractivity contribution in [3.8, 4) is 16.9 Å². The van der Waals surface area contributed by atoms with Gasteiger partial charge in [0, 0.05) is 17.5 Å². The van der Waals surface area contributed by atoms with Crippen molar-refractivity contribution in [3.63, 3.8) is 0 Å². The third-order valence-electron chi connectivity index (χ3n) is 3.55. The van der Waals surface area contributed by atoms with Crippen molar-refractivity contribution in [2.45, 2.75) is 6.92 Å². The molecule has 0 aliphatic heterocycles. The molecule has 0 spiro atoms. The highest BCUT2D eigenvalue weighted by atomic mass is 16.6. The van der Waals surface area contributed by atoms with E-state index >= 15 is 0 Å². The topological polar surface area (TPSA) is 96.2 Å². The Hall–Kier alpha value is -3.15. The lowest BCUT2D eigenvalue weighted by atomic mass is 10.0. The summed E-state index contributed by atoms with van der Waals surface area (Å²) in [5, 5.41) is 21.7. The lowest BCUT2D eigenvalue weighted by Gasteiger charge is -2.09. The molecule has 6 heteroatoms. The van der Waals surface area contributed by atoms with Gasteiger partial charge < -0.3 is 10.1 Å². The number of fused-ring (bicyclic) bond motifs is 1. The van der Waals surface area contributed by atoms with Crippen molar-refractivity contribution in [3.05, 3.63) is 68.5 Å². The van der Waals surface area contributed by atoms with Crippen LogP contribution in [0.25, 0.3) is 22.0 Å². The van der Waals surface area contributed by atoms with Gasteiger partial charge in [-0.3, -0.25) is 14.9 Å². The van der Waals surface area contributed by atoms with Crippen molar-refractivity contribution in [2.75, 3.05) is 0 Å². The summed E-state index contributed by atoms with van der Waals surface area (Å²) in [5.41, 5.74) is 1.00. The third-order valence-corrected chi connectivity index (χ3v) is 3.55. The predicted octanol–water partition coefficient (Wildman–Crippen LogP) is 3.12. The number of non-ortho nitro benzene ring substituents is 1. The van der Waals surface area contributed by atoms with Gasteiger partial charge in [0.15, 0.2) is 0 Å². The average Bonchev–Trinajstić information content (AvgIpc) is 2.49. The number of aromatic amines is 1. The summed E-state index contributed by atoms with van der Waals surface area (Å²) < 4.78 is 0. The van der Waals surface area contributed by atoms with Crippen molar-refractivity contribution in [2.24, 2.45) is 0 Å². The summed E-state index contributed by atoms with van der Waals surface area (Å²) in [7, 11) is 0. The Labute approximate surface area is 124 Å². The first-order valence-electron chi connectivity index (χ1n) is 6.58. The van der Waals surface area contributed by atoms with Crippen LogP contribution in [0.3, 0.4) is 0 Å². The Morgan fingerprint density at radius 3 is 2.50 bits per heavy atom. The van der Waals surface area contributed by atoms with Crippen LogP contribution in [-0.2, 0) is 0 Å². The number of hydrogen-bond acceptors (Lipinski definition) is 4. The molecule has 1 aromatic heterocycles. The molecule has 0 unspecified atom stereocenters. The van der Waals surface area contributed by atoms with Gasteiger partial charge in [-0.05, 0) is 18.1 Å². The van der Waals surface area contributed by atoms with Crippen LogP contribution < -0.4 is 5.56 Å². The van der Waals surface area contributed by atoms with Crippen LogP contribution >= 0.6 is 0 Å². The van der Waals surface area contributed by atoms with E-state index in [0.717, 1.165) is 0 Å². The van der Waals surface area contributed by atoms with Gasteiger partial charge in [0.2, 0.25) is 0 Å². The number of aromatic nitrogens is 1. The molecule has 110 valence electrons. The zero-order valence-electron chi connectivity index (χ0n) is 11.7. The van der Waals surface area contributed by atoms with E-state index in [1.165, 1.54) is 12.1 Å². The van der Waals surface area contributed by atoms with E-state index in [2.05, 4.69) is 4.98 Å². The third kappa shape index (κ3) is 2.10. The van der Waals surface area contributed by atoms with Crippen LogP contribution in [0.15, 0.2) is 47.3 Å². The van der Waals surface area contributed by atoms with Gasteiger partial charge in [0.1, 0.15) is 5.75 Å². The molecule has 0 aliphatic carbocycles. The molecule has 0 bridgehead atoms. The molecular weight excluding hydrogens is 284 g/mol. The molecule has 0 saturated heterocycles. The van der Waals surface area contributed by atoms with E-state index in [1.807, 2.05) is 0 Å². The standard InChI is InChI=1S/C16H12N2O4/c1-9-7-11(18(21)22)8-12-14(9)17-16(20)13(15(12)19)10-5-3-2-4-6-10/h2-8H,1H3,(H2,17,19,20). The van der Waals surface area contributed by atoms with Crippen molar-refractivity contribution >= 4 is 16.6 Å². The first-order chi connectivity index (χ1) is 10.5. The number of aryl methyl sites for hydroxylation is 1. The second kappa shape index (κ2) is 5.00. The van der Waals surface area contributed by atoms with Gasteiger partial charge in [0.05, 0.1) is 16.0 Å². The first kappa shape index (κ1) is 13.8. The van der Waals surface area contributed by atoms with Gasteiger partial charge in [-0.15, -0.1) is 0 Å². The van der Waals surface area contributed by atoms with Crippen LogP contribution in [0, 0.1) is 17.0 Å². The number of nitrogens with one attached hydrogen (secondary N) is 1. The number of nitrogens with zero attached hydrogens (tertiary/aromatic N) is 1. The Kier molecular flexibility index (Phi) is 3.14. The van der Waals surface area contributed by atoms with Gasteiger partial charge in [-0.25, -0.2) is 0 Å². The van der Waals surface area contributed by atoms with Gasteiger partial charge in [0.25, 0.3) is 11.2 Å². The van der Waals surface area contributed by atoms with Crippen molar-refractivity contribution < 1.29 is 10.0 Å².